The Balaban J connectivity index is 4.51. The highest BCUT2D eigenvalue weighted by Crippen LogP contribution is 2.55. The summed E-state index contributed by atoms with van der Waals surface area (Å²) in [6, 6.07) is 0. The summed E-state index contributed by atoms with van der Waals surface area (Å²) in [6.07, 6.45) is 0. The van der Waals surface area contributed by atoms with Gasteiger partial charge in [0.2, 0.25) is 9.04 Å². The molecule has 4 nitrogen and oxygen atoms in total. The van der Waals surface area contributed by atoms with Crippen LogP contribution in [0.5, 0.6) is 0 Å². The van der Waals surface area contributed by atoms with Gasteiger partial charge in [-0.2, -0.15) is 0 Å². The molecule has 0 aliphatic heterocycles. The number of alkyl halides is 6. The van der Waals surface area contributed by atoms with E-state index in [1.54, 1.807) is 0 Å². The first-order valence-electron chi connectivity index (χ1n) is 3.14. The molecule has 1 radical (unpaired) electrons. The van der Waals surface area contributed by atoms with Gasteiger partial charge in [0.25, 0.3) is 0 Å². The summed E-state index contributed by atoms with van der Waals surface area (Å²) in [5.74, 6) is -1.02. The maximum absolute atomic E-state index is 11.1. The Morgan fingerprint density at radius 3 is 1.40 bits per heavy atom. The van der Waals surface area contributed by atoms with Crippen molar-refractivity contribution in [2.75, 3.05) is 11.8 Å². The van der Waals surface area contributed by atoms with E-state index in [1.807, 2.05) is 0 Å². The fourth-order valence-corrected chi connectivity index (χ4v) is 2.49. The molecule has 0 spiro atoms. The summed E-state index contributed by atoms with van der Waals surface area (Å²) in [5.41, 5.74) is 0. The average Bonchev–Trinajstić information content (AvgIpc) is 2.00. The lowest BCUT2D eigenvalue weighted by Gasteiger charge is -2.23. The minimum atomic E-state index is -4.92. The van der Waals surface area contributed by atoms with Crippen LogP contribution in [0, 0.1) is 0 Å². The van der Waals surface area contributed by atoms with E-state index < -0.39 is 28.6 Å². The van der Waals surface area contributed by atoms with Gasteiger partial charge in [0.15, 0.2) is 0 Å². The maximum atomic E-state index is 11.1. The average molecular weight is 360 g/mol. The zero-order chi connectivity index (χ0) is 12.3. The van der Waals surface area contributed by atoms with Crippen molar-refractivity contribution in [1.29, 1.82) is 0 Å². The van der Waals surface area contributed by atoms with Crippen molar-refractivity contribution in [1.82, 2.24) is 0 Å². The van der Waals surface area contributed by atoms with Gasteiger partial charge in [-0.1, -0.05) is 46.4 Å². The summed E-state index contributed by atoms with van der Waals surface area (Å²) in [6.45, 7) is 0. The maximum Gasteiger partial charge on any atom is 0.507 e. The normalized spacial score (nSPS) is 14.3. The van der Waals surface area contributed by atoms with E-state index in [2.05, 4.69) is 9.05 Å². The zero-order valence-corrected chi connectivity index (χ0v) is 12.2. The highest BCUT2D eigenvalue weighted by molar-refractivity contribution is 7.47. The van der Waals surface area contributed by atoms with E-state index >= 15 is 0 Å². The summed E-state index contributed by atoms with van der Waals surface area (Å²) < 4.78 is 15.1. The summed E-state index contributed by atoms with van der Waals surface area (Å²) >= 11 is 31.7. The van der Waals surface area contributed by atoms with Crippen LogP contribution in [0.1, 0.15) is 0 Å². The van der Waals surface area contributed by atoms with Crippen LogP contribution in [-0.4, -0.2) is 20.8 Å². The van der Waals surface area contributed by atoms with E-state index in [-0.39, 0.29) is 0 Å². The van der Waals surface area contributed by atoms with Crippen molar-refractivity contribution >= 4 is 77.4 Å². The first-order chi connectivity index (χ1) is 6.54. The molecule has 0 aliphatic carbocycles. The van der Waals surface area contributed by atoms with Crippen LogP contribution in [0.3, 0.4) is 0 Å². The smallest absolute Gasteiger partial charge is 0.246 e. The Morgan fingerprint density at radius 1 is 0.933 bits per heavy atom. The molecule has 0 rings (SSSR count). The molecule has 15 heavy (non-hydrogen) atoms. The number of rotatable bonds is 6. The van der Waals surface area contributed by atoms with E-state index in [1.165, 1.54) is 0 Å². The summed E-state index contributed by atoms with van der Waals surface area (Å²) in [7, 11) is -4.92. The molecular weight excluding hydrogens is 356 g/mol. The van der Waals surface area contributed by atoms with Gasteiger partial charge < -0.3 is 0 Å². The predicted octanol–water partition coefficient (Wildman–Crippen LogP) is 4.30. The van der Waals surface area contributed by atoms with Gasteiger partial charge in [0.05, 0.1) is 11.8 Å². The first-order valence-corrected chi connectivity index (χ1v) is 7.18. The second kappa shape index (κ2) is 6.14. The largest absolute Gasteiger partial charge is 0.507 e. The monoisotopic (exact) mass is 357 g/mol. The van der Waals surface area contributed by atoms with Crippen molar-refractivity contribution in [3.05, 3.63) is 0 Å². The molecule has 0 aromatic rings. The zero-order valence-electron chi connectivity index (χ0n) is 6.76. The Labute approximate surface area is 116 Å². The third-order valence-electron chi connectivity index (χ3n) is 0.802. The molecule has 11 heteroatoms. The van der Waals surface area contributed by atoms with Gasteiger partial charge in [-0.05, 0) is 0 Å². The molecule has 91 valence electrons. The number of hydrogen-bond acceptors (Lipinski definition) is 3. The van der Waals surface area contributed by atoms with E-state index in [4.69, 9.17) is 69.6 Å². The second-order valence-electron chi connectivity index (χ2n) is 2.17. The lowest BCUT2D eigenvalue weighted by molar-refractivity contribution is 0.0939. The fraction of sp³-hybridized carbons (Fsp3) is 1.00. The molecular formula is C4H4Cl6O4P. The number of halogens is 6. The molecule has 0 saturated carbocycles. The molecule has 0 N–H and O–H groups in total. The van der Waals surface area contributed by atoms with Crippen LogP contribution in [-0.2, 0) is 18.5 Å². The Morgan fingerprint density at radius 2 is 1.20 bits per heavy atom. The lowest BCUT2D eigenvalue weighted by atomic mass is 10.8. The van der Waals surface area contributed by atoms with Crippen LogP contribution >= 0.6 is 77.4 Å². The topological polar surface area (TPSA) is 55.4 Å². The molecule has 0 heterocycles. The molecule has 0 saturated heterocycles. The first kappa shape index (κ1) is 16.9. The van der Waals surface area contributed by atoms with Gasteiger partial charge in [-0.3, -0.25) is 0 Å². The minimum absolute atomic E-state index is 0.510. The summed E-state index contributed by atoms with van der Waals surface area (Å²) in [4.78, 5) is 11.1. The third-order valence-corrected chi connectivity index (χ3v) is 4.45. The Hall–Kier alpha value is 1.85. The second-order valence-corrected chi connectivity index (χ2v) is 6.79. The van der Waals surface area contributed by atoms with Crippen molar-refractivity contribution < 1.29 is 18.5 Å². The van der Waals surface area contributed by atoms with Crippen LogP contribution in [0.15, 0.2) is 0 Å². The molecule has 0 unspecified atom stereocenters. The van der Waals surface area contributed by atoms with Crippen molar-refractivity contribution in [2.24, 2.45) is 0 Å². The van der Waals surface area contributed by atoms with Gasteiger partial charge in [0, 0.05) is 0 Å². The van der Waals surface area contributed by atoms with Crippen molar-refractivity contribution in [2.45, 2.75) is 9.04 Å². The predicted molar refractivity (Wildman–Crippen MR) is 60.8 cm³/mol. The van der Waals surface area contributed by atoms with Gasteiger partial charge in [0.1, 0.15) is 0 Å². The lowest BCUT2D eigenvalue weighted by Crippen LogP contribution is -2.23. The van der Waals surface area contributed by atoms with E-state index in [9.17, 15) is 9.46 Å². The quantitative estimate of drug-likeness (QED) is 0.525. The van der Waals surface area contributed by atoms with Crippen molar-refractivity contribution in [3.8, 4) is 0 Å². The van der Waals surface area contributed by atoms with Crippen LogP contribution < -0.4 is 0 Å². The third kappa shape index (κ3) is 7.72. The molecule has 0 aromatic heterocycles. The fourth-order valence-electron chi connectivity index (χ4n) is 0.395. The van der Waals surface area contributed by atoms with Crippen LogP contribution in [0.25, 0.3) is 0 Å². The molecule has 0 bridgehead atoms. The van der Waals surface area contributed by atoms with Crippen LogP contribution in [0.2, 0.25) is 0 Å². The standard InChI is InChI=1S/C4H4Cl6O4P/c5-1-3(7,8)13-15(11,12)14-4(9,10)2-6/h1-2H2. The number of hydrogen-bond donors (Lipinski definition) is 0. The van der Waals surface area contributed by atoms with Gasteiger partial charge in [-0.25, -0.2) is 13.6 Å². The minimum Gasteiger partial charge on any atom is -0.246 e. The highest BCUT2D eigenvalue weighted by Gasteiger charge is 2.43. The summed E-state index contributed by atoms with van der Waals surface area (Å²) in [5, 5.41) is 0. The Bertz CT molecular complexity index is 236. The molecule has 0 aliphatic rings. The van der Waals surface area contributed by atoms with Gasteiger partial charge in [-0.15, -0.1) is 28.1 Å². The van der Waals surface area contributed by atoms with Gasteiger partial charge >= 0.3 is 7.82 Å². The SMILES string of the molecule is [O]P(=O)(OC(Cl)(Cl)CCl)OC(Cl)(Cl)CCl. The van der Waals surface area contributed by atoms with E-state index in [0.717, 1.165) is 0 Å². The molecule has 0 aromatic carbocycles. The highest BCUT2D eigenvalue weighted by atomic mass is 35.5. The Kier molecular flexibility index (Phi) is 6.90. The molecule has 0 amide bonds. The molecule has 0 atom stereocenters. The van der Waals surface area contributed by atoms with E-state index in [0.29, 0.717) is 0 Å². The molecule has 0 fully saturated rings. The van der Waals surface area contributed by atoms with Crippen LogP contribution in [0.4, 0.5) is 0 Å². The van der Waals surface area contributed by atoms with Crippen molar-refractivity contribution in [3.63, 3.8) is 0 Å².